The standard InChI is InChI=1S/C11H20N2O/c1-8(2)4-11(14)13-7-9-5-10(13)6-12(9)3/h8-10H,4-7H2,1-3H3. The van der Waals surface area contributed by atoms with Crippen LogP contribution < -0.4 is 0 Å². The molecule has 0 N–H and O–H groups in total. The van der Waals surface area contributed by atoms with Gasteiger partial charge in [-0.15, -0.1) is 0 Å². The average Bonchev–Trinajstić information content (AvgIpc) is 2.60. The van der Waals surface area contributed by atoms with Gasteiger partial charge in [-0.3, -0.25) is 9.69 Å². The smallest absolute Gasteiger partial charge is 0.223 e. The Hall–Kier alpha value is -0.570. The maximum atomic E-state index is 11.9. The van der Waals surface area contributed by atoms with Crippen molar-refractivity contribution in [1.82, 2.24) is 9.80 Å². The summed E-state index contributed by atoms with van der Waals surface area (Å²) < 4.78 is 0. The minimum atomic E-state index is 0.362. The third kappa shape index (κ3) is 1.65. The molecule has 2 heterocycles. The Labute approximate surface area is 86.1 Å². The van der Waals surface area contributed by atoms with Gasteiger partial charge in [-0.2, -0.15) is 0 Å². The lowest BCUT2D eigenvalue weighted by molar-refractivity contribution is -0.134. The first kappa shape index (κ1) is 9.97. The van der Waals surface area contributed by atoms with Gasteiger partial charge in [-0.1, -0.05) is 13.8 Å². The van der Waals surface area contributed by atoms with Crippen molar-refractivity contribution in [3.05, 3.63) is 0 Å². The van der Waals surface area contributed by atoms with Crippen molar-refractivity contribution in [3.8, 4) is 0 Å². The van der Waals surface area contributed by atoms with Gasteiger partial charge in [0.05, 0.1) is 0 Å². The number of carbonyl (C=O) groups excluding carboxylic acids is 1. The lowest BCUT2D eigenvalue weighted by atomic mass is 10.1. The number of fused-ring (bicyclic) bond motifs is 2. The molecule has 0 radical (unpaired) electrons. The van der Waals surface area contributed by atoms with Gasteiger partial charge in [-0.25, -0.2) is 0 Å². The molecule has 14 heavy (non-hydrogen) atoms. The molecule has 3 nitrogen and oxygen atoms in total. The largest absolute Gasteiger partial charge is 0.337 e. The first-order valence-electron chi connectivity index (χ1n) is 5.57. The second kappa shape index (κ2) is 3.54. The molecule has 0 aromatic carbocycles. The van der Waals surface area contributed by atoms with Crippen molar-refractivity contribution in [2.45, 2.75) is 38.8 Å². The second-order valence-electron chi connectivity index (χ2n) is 5.13. The van der Waals surface area contributed by atoms with Gasteiger partial charge in [0.2, 0.25) is 5.91 Å². The van der Waals surface area contributed by atoms with Crippen LogP contribution in [0, 0.1) is 5.92 Å². The van der Waals surface area contributed by atoms with Gasteiger partial charge in [0.15, 0.2) is 0 Å². The summed E-state index contributed by atoms with van der Waals surface area (Å²) in [6, 6.07) is 1.15. The molecule has 3 heteroatoms. The van der Waals surface area contributed by atoms with Crippen LogP contribution >= 0.6 is 0 Å². The molecule has 0 aromatic heterocycles. The Morgan fingerprint density at radius 2 is 2.07 bits per heavy atom. The number of likely N-dealkylation sites (N-methyl/N-ethyl adjacent to an activating group) is 1. The van der Waals surface area contributed by atoms with Gasteiger partial charge in [0, 0.05) is 31.6 Å². The van der Waals surface area contributed by atoms with Crippen LogP contribution in [-0.2, 0) is 4.79 Å². The minimum Gasteiger partial charge on any atom is -0.337 e. The molecule has 2 atom stereocenters. The second-order valence-corrected chi connectivity index (χ2v) is 5.13. The van der Waals surface area contributed by atoms with E-state index in [2.05, 4.69) is 30.7 Å². The number of amides is 1. The fraction of sp³-hybridized carbons (Fsp3) is 0.909. The molecule has 0 spiro atoms. The van der Waals surface area contributed by atoms with Crippen molar-refractivity contribution in [2.75, 3.05) is 20.1 Å². The molecule has 0 aliphatic carbocycles. The van der Waals surface area contributed by atoms with E-state index in [0.29, 0.717) is 30.3 Å². The summed E-state index contributed by atoms with van der Waals surface area (Å²) in [5.74, 6) is 0.847. The SMILES string of the molecule is CC(C)CC(=O)N1CC2CC1CN2C. The Bertz CT molecular complexity index is 237. The highest BCUT2D eigenvalue weighted by Crippen LogP contribution is 2.30. The van der Waals surface area contributed by atoms with E-state index in [1.54, 1.807) is 0 Å². The van der Waals surface area contributed by atoms with E-state index in [4.69, 9.17) is 0 Å². The van der Waals surface area contributed by atoms with Crippen LogP contribution in [0.2, 0.25) is 0 Å². The molecule has 80 valence electrons. The van der Waals surface area contributed by atoms with Crippen molar-refractivity contribution in [2.24, 2.45) is 5.92 Å². The molecule has 2 bridgehead atoms. The normalized spacial score (nSPS) is 31.9. The third-order valence-electron chi connectivity index (χ3n) is 3.42. The summed E-state index contributed by atoms with van der Waals surface area (Å²) in [7, 11) is 2.16. The molecular formula is C11H20N2O. The van der Waals surface area contributed by atoms with Crippen LogP contribution in [0.15, 0.2) is 0 Å². The Balaban J connectivity index is 1.93. The fourth-order valence-corrected chi connectivity index (χ4v) is 2.64. The van der Waals surface area contributed by atoms with Crippen LogP contribution in [0.5, 0.6) is 0 Å². The summed E-state index contributed by atoms with van der Waals surface area (Å²) in [5, 5.41) is 0. The van der Waals surface area contributed by atoms with Crippen molar-refractivity contribution in [1.29, 1.82) is 0 Å². The maximum absolute atomic E-state index is 11.9. The number of carbonyl (C=O) groups is 1. The molecule has 2 saturated heterocycles. The molecule has 2 aliphatic rings. The highest BCUT2D eigenvalue weighted by Gasteiger charge is 2.43. The van der Waals surface area contributed by atoms with Crippen molar-refractivity contribution in [3.63, 3.8) is 0 Å². The Kier molecular flexibility index (Phi) is 2.52. The van der Waals surface area contributed by atoms with Crippen LogP contribution in [0.3, 0.4) is 0 Å². The van der Waals surface area contributed by atoms with Crippen LogP contribution in [0.1, 0.15) is 26.7 Å². The Morgan fingerprint density at radius 3 is 2.50 bits per heavy atom. The highest BCUT2D eigenvalue weighted by atomic mass is 16.2. The Morgan fingerprint density at radius 1 is 1.36 bits per heavy atom. The summed E-state index contributed by atoms with van der Waals surface area (Å²) >= 11 is 0. The van der Waals surface area contributed by atoms with Crippen LogP contribution in [0.4, 0.5) is 0 Å². The average molecular weight is 196 g/mol. The number of hydrogen-bond donors (Lipinski definition) is 0. The molecular weight excluding hydrogens is 176 g/mol. The van der Waals surface area contributed by atoms with E-state index in [1.165, 1.54) is 6.42 Å². The topological polar surface area (TPSA) is 23.6 Å². The lowest BCUT2D eigenvalue weighted by Crippen LogP contribution is -2.47. The predicted molar refractivity (Wildman–Crippen MR) is 56.0 cm³/mol. The molecule has 2 aliphatic heterocycles. The van der Waals surface area contributed by atoms with Gasteiger partial charge in [0.1, 0.15) is 0 Å². The van der Waals surface area contributed by atoms with Gasteiger partial charge in [0.25, 0.3) is 0 Å². The summed E-state index contributed by atoms with van der Waals surface area (Å²) in [6.45, 7) is 6.26. The monoisotopic (exact) mass is 196 g/mol. The molecule has 2 fully saturated rings. The zero-order valence-corrected chi connectivity index (χ0v) is 9.36. The fourth-order valence-electron chi connectivity index (χ4n) is 2.64. The first-order valence-corrected chi connectivity index (χ1v) is 5.57. The number of hydrogen-bond acceptors (Lipinski definition) is 2. The number of piperazine rings is 1. The maximum Gasteiger partial charge on any atom is 0.223 e. The van der Waals surface area contributed by atoms with E-state index >= 15 is 0 Å². The van der Waals surface area contributed by atoms with Crippen LogP contribution in [-0.4, -0.2) is 47.9 Å². The number of rotatable bonds is 2. The van der Waals surface area contributed by atoms with Crippen molar-refractivity contribution < 1.29 is 4.79 Å². The lowest BCUT2D eigenvalue weighted by Gasteiger charge is -2.32. The summed E-state index contributed by atoms with van der Waals surface area (Å²) in [5.41, 5.74) is 0. The van der Waals surface area contributed by atoms with E-state index in [9.17, 15) is 4.79 Å². The van der Waals surface area contributed by atoms with Gasteiger partial charge in [-0.05, 0) is 19.4 Å². The third-order valence-corrected chi connectivity index (χ3v) is 3.42. The van der Waals surface area contributed by atoms with E-state index in [1.807, 2.05) is 0 Å². The van der Waals surface area contributed by atoms with Gasteiger partial charge >= 0.3 is 0 Å². The highest BCUT2D eigenvalue weighted by molar-refractivity contribution is 5.77. The molecule has 0 aromatic rings. The zero-order chi connectivity index (χ0) is 10.3. The molecule has 2 unspecified atom stereocenters. The van der Waals surface area contributed by atoms with E-state index in [0.717, 1.165) is 13.1 Å². The quantitative estimate of drug-likeness (QED) is 0.656. The van der Waals surface area contributed by atoms with Gasteiger partial charge < -0.3 is 4.90 Å². The molecule has 2 rings (SSSR count). The zero-order valence-electron chi connectivity index (χ0n) is 9.36. The summed E-state index contributed by atoms with van der Waals surface area (Å²) in [6.07, 6.45) is 1.91. The van der Waals surface area contributed by atoms with E-state index in [-0.39, 0.29) is 0 Å². The summed E-state index contributed by atoms with van der Waals surface area (Å²) in [4.78, 5) is 16.3. The molecule has 1 amide bonds. The number of likely N-dealkylation sites (tertiary alicyclic amines) is 2. The van der Waals surface area contributed by atoms with E-state index < -0.39 is 0 Å². The number of nitrogens with zero attached hydrogens (tertiary/aromatic N) is 2. The minimum absolute atomic E-state index is 0.362. The first-order chi connectivity index (χ1) is 6.58. The van der Waals surface area contributed by atoms with Crippen LogP contribution in [0.25, 0.3) is 0 Å². The van der Waals surface area contributed by atoms with Crippen molar-refractivity contribution >= 4 is 5.91 Å². The predicted octanol–water partition coefficient (Wildman–Crippen LogP) is 0.947. The molecule has 0 saturated carbocycles.